The van der Waals surface area contributed by atoms with Crippen LogP contribution in [0.15, 0.2) is 74.1 Å². The molecule has 1 aliphatic heterocycles. The summed E-state index contributed by atoms with van der Waals surface area (Å²) in [4.78, 5) is 32.3. The number of carbonyl (C=O) groups excluding carboxylic acids is 1. The lowest BCUT2D eigenvalue weighted by molar-refractivity contribution is -0.139. The van der Waals surface area contributed by atoms with Gasteiger partial charge in [-0.1, -0.05) is 57.6 Å². The van der Waals surface area contributed by atoms with E-state index in [4.69, 9.17) is 14.2 Å². The number of nitrogens with zero attached hydrogens (tertiary/aromatic N) is 2. The molecule has 0 fully saturated rings. The number of benzene rings is 3. The third kappa shape index (κ3) is 4.63. The normalized spacial score (nSPS) is 15.2. The number of aromatic nitrogens is 1. The second-order valence-corrected chi connectivity index (χ2v) is 10.6. The van der Waals surface area contributed by atoms with Crippen molar-refractivity contribution in [3.8, 4) is 17.2 Å². The van der Waals surface area contributed by atoms with Crippen molar-refractivity contribution in [3.05, 3.63) is 95.1 Å². The van der Waals surface area contributed by atoms with Gasteiger partial charge >= 0.3 is 5.97 Å². The number of allylic oxidation sites excluding steroid dienone is 1. The maximum absolute atomic E-state index is 14.0. The molecule has 0 unspecified atom stereocenters. The summed E-state index contributed by atoms with van der Waals surface area (Å²) < 4.78 is 18.8. The summed E-state index contributed by atoms with van der Waals surface area (Å²) in [5.41, 5.74) is 1.47. The van der Waals surface area contributed by atoms with Crippen LogP contribution < -0.4 is 24.4 Å². The Hall–Kier alpha value is -3.89. The Morgan fingerprint density at radius 1 is 1.15 bits per heavy atom. The molecular formula is C29H25BrN2O6S. The van der Waals surface area contributed by atoms with Gasteiger partial charge in [0.15, 0.2) is 16.3 Å². The highest BCUT2D eigenvalue weighted by atomic mass is 79.9. The first-order valence-corrected chi connectivity index (χ1v) is 13.7. The first-order chi connectivity index (χ1) is 18.8. The molecular weight excluding hydrogens is 584 g/mol. The lowest BCUT2D eigenvalue weighted by Crippen LogP contribution is -2.40. The van der Waals surface area contributed by atoms with Crippen LogP contribution in [0.5, 0.6) is 17.2 Å². The summed E-state index contributed by atoms with van der Waals surface area (Å²) >= 11 is 4.79. The number of phenols is 1. The van der Waals surface area contributed by atoms with Crippen molar-refractivity contribution in [3.63, 3.8) is 0 Å². The zero-order valence-electron chi connectivity index (χ0n) is 21.6. The van der Waals surface area contributed by atoms with Crippen LogP contribution in [0.3, 0.4) is 0 Å². The van der Waals surface area contributed by atoms with E-state index in [1.165, 1.54) is 30.1 Å². The monoisotopic (exact) mass is 608 g/mol. The topological polar surface area (TPSA) is 99.4 Å². The van der Waals surface area contributed by atoms with Crippen LogP contribution in [-0.4, -0.2) is 36.5 Å². The van der Waals surface area contributed by atoms with Gasteiger partial charge in [-0.2, -0.15) is 0 Å². The maximum atomic E-state index is 14.0. The molecule has 0 bridgehead atoms. The number of hydrogen-bond acceptors (Lipinski definition) is 8. The number of methoxy groups -OCH3 is 2. The van der Waals surface area contributed by atoms with Crippen molar-refractivity contribution in [1.29, 1.82) is 0 Å². The minimum Gasteiger partial charge on any atom is -0.507 e. The van der Waals surface area contributed by atoms with Crippen LogP contribution in [0.1, 0.15) is 31.0 Å². The third-order valence-electron chi connectivity index (χ3n) is 6.54. The summed E-state index contributed by atoms with van der Waals surface area (Å²) in [6.07, 6.45) is 1.67. The van der Waals surface area contributed by atoms with Gasteiger partial charge < -0.3 is 19.3 Å². The Bertz CT molecular complexity index is 1840. The average Bonchev–Trinajstić information content (AvgIpc) is 3.23. The Balaban J connectivity index is 1.81. The summed E-state index contributed by atoms with van der Waals surface area (Å²) in [5, 5.41) is 12.4. The molecule has 5 rings (SSSR count). The Morgan fingerprint density at radius 3 is 2.59 bits per heavy atom. The van der Waals surface area contributed by atoms with Crippen molar-refractivity contribution in [1.82, 2.24) is 4.57 Å². The smallest absolute Gasteiger partial charge is 0.338 e. The highest BCUT2D eigenvalue weighted by Crippen LogP contribution is 2.40. The zero-order valence-corrected chi connectivity index (χ0v) is 24.1. The van der Waals surface area contributed by atoms with E-state index < -0.39 is 12.0 Å². The van der Waals surface area contributed by atoms with E-state index in [-0.39, 0.29) is 23.5 Å². The molecule has 0 amide bonds. The molecule has 0 saturated heterocycles. The number of phenolic OH excluding ortho intramolecular Hbond substituents is 1. The molecule has 1 atom stereocenters. The van der Waals surface area contributed by atoms with Gasteiger partial charge in [-0.15, -0.1) is 0 Å². The fourth-order valence-corrected chi connectivity index (χ4v) is 6.30. The van der Waals surface area contributed by atoms with Crippen molar-refractivity contribution < 1.29 is 24.1 Å². The Morgan fingerprint density at radius 2 is 1.87 bits per heavy atom. The van der Waals surface area contributed by atoms with E-state index in [9.17, 15) is 14.7 Å². The van der Waals surface area contributed by atoms with E-state index in [0.29, 0.717) is 42.1 Å². The first-order valence-electron chi connectivity index (χ1n) is 12.1. The summed E-state index contributed by atoms with van der Waals surface area (Å²) in [5.74, 6) is 0.426. The average molecular weight is 609 g/mol. The Labute approximate surface area is 236 Å². The molecule has 2 heterocycles. The fraction of sp³-hybridized carbons (Fsp3) is 0.207. The lowest BCUT2D eigenvalue weighted by atomic mass is 9.95. The van der Waals surface area contributed by atoms with E-state index in [0.717, 1.165) is 10.8 Å². The van der Waals surface area contributed by atoms with E-state index >= 15 is 0 Å². The van der Waals surface area contributed by atoms with Crippen LogP contribution in [0, 0.1) is 0 Å². The summed E-state index contributed by atoms with van der Waals surface area (Å²) in [6, 6.07) is 13.7. The SMILES string of the molecule is CCOC(=O)C1=C(C)N=c2s/c(=C\c3c(O)ccc4ccccc34)c(=O)n2[C@H]1c1cc(OC)c(OC)cc1Br. The molecule has 8 nitrogen and oxygen atoms in total. The van der Waals surface area contributed by atoms with Gasteiger partial charge in [0.2, 0.25) is 0 Å². The predicted molar refractivity (Wildman–Crippen MR) is 153 cm³/mol. The molecule has 0 saturated carbocycles. The van der Waals surface area contributed by atoms with Crippen LogP contribution in [0.2, 0.25) is 0 Å². The molecule has 3 aromatic carbocycles. The predicted octanol–water partition coefficient (Wildman–Crippen LogP) is 4.44. The quantitative estimate of drug-likeness (QED) is 0.325. The molecule has 0 radical (unpaired) electrons. The second-order valence-electron chi connectivity index (χ2n) is 8.75. The van der Waals surface area contributed by atoms with Crippen molar-refractivity contribution in [2.24, 2.45) is 4.99 Å². The zero-order chi connectivity index (χ0) is 27.8. The number of halogens is 1. The fourth-order valence-electron chi connectivity index (χ4n) is 4.73. The van der Waals surface area contributed by atoms with Crippen LogP contribution >= 0.6 is 27.3 Å². The highest BCUT2D eigenvalue weighted by molar-refractivity contribution is 9.10. The highest BCUT2D eigenvalue weighted by Gasteiger charge is 2.35. The van der Waals surface area contributed by atoms with Crippen LogP contribution in [0.4, 0.5) is 0 Å². The van der Waals surface area contributed by atoms with Gasteiger partial charge in [-0.3, -0.25) is 9.36 Å². The molecule has 39 heavy (non-hydrogen) atoms. The molecule has 1 aliphatic rings. The standard InChI is InChI=1S/C29H25BrN2O6S/c1-5-38-28(35)25-15(2)31-29-32(26(25)19-12-22(36-3)23(37-4)14-20(19)30)27(34)24(39-29)13-18-17-9-7-6-8-16(17)10-11-21(18)33/h6-14,26,33H,5H2,1-4H3/b24-13-/t26-/m0/s1. The third-order valence-corrected chi connectivity index (χ3v) is 8.21. The molecule has 0 aliphatic carbocycles. The van der Waals surface area contributed by atoms with Gasteiger partial charge in [0.25, 0.3) is 5.56 Å². The van der Waals surface area contributed by atoms with Gasteiger partial charge in [0.1, 0.15) is 5.75 Å². The first kappa shape index (κ1) is 26.7. The second kappa shape index (κ2) is 10.7. The van der Waals surface area contributed by atoms with Gasteiger partial charge in [-0.25, -0.2) is 9.79 Å². The number of esters is 1. The minimum absolute atomic E-state index is 0.0575. The number of ether oxygens (including phenoxy) is 3. The number of rotatable bonds is 6. The summed E-state index contributed by atoms with van der Waals surface area (Å²) in [6.45, 7) is 3.61. The molecule has 10 heteroatoms. The van der Waals surface area contributed by atoms with Crippen molar-refractivity contribution in [2.45, 2.75) is 19.9 Å². The molecule has 1 N–H and O–H groups in total. The Kier molecular flexibility index (Phi) is 7.33. The number of aromatic hydroxyl groups is 1. The van der Waals surface area contributed by atoms with E-state index in [1.54, 1.807) is 38.1 Å². The number of fused-ring (bicyclic) bond motifs is 2. The van der Waals surface area contributed by atoms with E-state index in [1.807, 2.05) is 30.3 Å². The molecule has 4 aromatic rings. The number of carbonyl (C=O) groups is 1. The molecule has 200 valence electrons. The van der Waals surface area contributed by atoms with Crippen molar-refractivity contribution >= 4 is 50.1 Å². The maximum Gasteiger partial charge on any atom is 0.338 e. The van der Waals surface area contributed by atoms with Gasteiger partial charge in [0.05, 0.1) is 42.7 Å². The van der Waals surface area contributed by atoms with Gasteiger partial charge in [0, 0.05) is 10.0 Å². The largest absolute Gasteiger partial charge is 0.507 e. The number of hydrogen-bond donors (Lipinski definition) is 1. The van der Waals surface area contributed by atoms with E-state index in [2.05, 4.69) is 20.9 Å². The van der Waals surface area contributed by atoms with Crippen LogP contribution in [0.25, 0.3) is 16.8 Å². The number of thiazole rings is 1. The minimum atomic E-state index is -0.849. The lowest BCUT2D eigenvalue weighted by Gasteiger charge is -2.26. The van der Waals surface area contributed by atoms with Crippen molar-refractivity contribution in [2.75, 3.05) is 20.8 Å². The van der Waals surface area contributed by atoms with Gasteiger partial charge in [-0.05, 0) is 54.5 Å². The van der Waals surface area contributed by atoms with Crippen LogP contribution in [-0.2, 0) is 9.53 Å². The molecule has 1 aromatic heterocycles. The molecule has 0 spiro atoms. The summed E-state index contributed by atoms with van der Waals surface area (Å²) in [7, 11) is 3.05.